The van der Waals surface area contributed by atoms with Crippen molar-refractivity contribution in [1.82, 2.24) is 5.32 Å². The maximum Gasteiger partial charge on any atom is 0.389 e. The van der Waals surface area contributed by atoms with Crippen LogP contribution in [0.25, 0.3) is 0 Å². The van der Waals surface area contributed by atoms with Gasteiger partial charge in [-0.2, -0.15) is 13.2 Å². The first kappa shape index (κ1) is 33.9. The molecule has 0 unspecified atom stereocenters. The van der Waals surface area contributed by atoms with Gasteiger partial charge in [0.05, 0.1) is 31.5 Å². The van der Waals surface area contributed by atoms with E-state index >= 15 is 0 Å². The molecule has 1 fully saturated rings. The number of hydrogen-bond donors (Lipinski definition) is 2. The Balaban J connectivity index is 1.35. The second kappa shape index (κ2) is 15.4. The molecule has 0 saturated carbocycles. The number of para-hydroxylation sites is 1. The van der Waals surface area contributed by atoms with Crippen molar-refractivity contribution < 1.29 is 50.1 Å². The van der Waals surface area contributed by atoms with Crippen molar-refractivity contribution >= 4 is 11.8 Å². The van der Waals surface area contributed by atoms with Gasteiger partial charge in [-0.15, -0.1) is 0 Å². The van der Waals surface area contributed by atoms with E-state index in [1.165, 1.54) is 66.7 Å². The Hall–Kier alpha value is -3.94. The minimum Gasteiger partial charge on any atom is -0.487 e. The number of nitrogens with one attached hydrogen (secondary N) is 1. The summed E-state index contributed by atoms with van der Waals surface area (Å²) in [6, 6.07) is 13.4. The van der Waals surface area contributed by atoms with Crippen LogP contribution in [0.4, 0.5) is 26.3 Å². The molecule has 4 rings (SSSR count). The summed E-state index contributed by atoms with van der Waals surface area (Å²) in [6.45, 7) is -0.00440. The highest BCUT2D eigenvalue weighted by atomic mass is 19.4. The zero-order chi connectivity index (χ0) is 32.6. The van der Waals surface area contributed by atoms with E-state index in [0.29, 0.717) is 11.1 Å². The molecule has 45 heavy (non-hydrogen) atoms. The molecule has 7 nitrogen and oxygen atoms in total. The third-order valence-electron chi connectivity index (χ3n) is 7.24. The van der Waals surface area contributed by atoms with Crippen LogP contribution in [0.2, 0.25) is 0 Å². The highest BCUT2D eigenvalue weighted by Gasteiger charge is 2.31. The quantitative estimate of drug-likeness (QED) is 0.201. The molecule has 3 aromatic rings. The standard InChI is InChI=1S/C32H32F6N2O5/c33-22-8-4-19(5-9-22)29(20-6-10-23(34)11-7-20)30(39)27(41)14-21-2-1-3-26(35)31(21)45-18-25-15-40-24(16-43-25)17-44-28(42)12-13-32(36,37)38/h1-11,24-25,29-30,40H,12-18,39H2/t24-,25-,30+/m0/s1. The Morgan fingerprint density at radius 3 is 2.11 bits per heavy atom. The number of esters is 1. The Bertz CT molecular complexity index is 1380. The van der Waals surface area contributed by atoms with Crippen LogP contribution in [-0.4, -0.2) is 62.5 Å². The van der Waals surface area contributed by atoms with Crippen molar-refractivity contribution in [3.63, 3.8) is 0 Å². The average Bonchev–Trinajstić information content (AvgIpc) is 3.01. The molecule has 1 aliphatic rings. The molecule has 3 aromatic carbocycles. The lowest BCUT2D eigenvalue weighted by Crippen LogP contribution is -2.50. The van der Waals surface area contributed by atoms with E-state index in [-0.39, 0.29) is 44.1 Å². The van der Waals surface area contributed by atoms with Crippen LogP contribution in [0, 0.1) is 17.5 Å². The monoisotopic (exact) mass is 638 g/mol. The van der Waals surface area contributed by atoms with Gasteiger partial charge in [0.1, 0.15) is 31.0 Å². The molecule has 13 heteroatoms. The molecule has 3 N–H and O–H groups in total. The fourth-order valence-electron chi connectivity index (χ4n) is 4.86. The van der Waals surface area contributed by atoms with E-state index < -0.39 is 72.3 Å². The Kier molecular flexibility index (Phi) is 11.6. The second-order valence-electron chi connectivity index (χ2n) is 10.6. The third-order valence-corrected chi connectivity index (χ3v) is 7.24. The van der Waals surface area contributed by atoms with Crippen LogP contribution in [0.15, 0.2) is 66.7 Å². The zero-order valence-electron chi connectivity index (χ0n) is 24.0. The van der Waals surface area contributed by atoms with E-state index in [0.717, 1.165) is 0 Å². The minimum atomic E-state index is -4.45. The van der Waals surface area contributed by atoms with Crippen LogP contribution < -0.4 is 15.8 Å². The van der Waals surface area contributed by atoms with Gasteiger partial charge in [0.15, 0.2) is 17.3 Å². The number of benzene rings is 3. The Labute approximate surface area is 255 Å². The van der Waals surface area contributed by atoms with E-state index in [1.54, 1.807) is 0 Å². The molecule has 0 radical (unpaired) electrons. The summed E-state index contributed by atoms with van der Waals surface area (Å²) in [4.78, 5) is 25.0. The first-order valence-corrected chi connectivity index (χ1v) is 14.2. The molecule has 0 aromatic heterocycles. The van der Waals surface area contributed by atoms with Gasteiger partial charge in [-0.25, -0.2) is 13.2 Å². The lowest BCUT2D eigenvalue weighted by atomic mass is 9.82. The first-order chi connectivity index (χ1) is 21.4. The largest absolute Gasteiger partial charge is 0.487 e. The highest BCUT2D eigenvalue weighted by molar-refractivity contribution is 5.88. The summed E-state index contributed by atoms with van der Waals surface area (Å²) in [7, 11) is 0. The SMILES string of the molecule is N[C@H](C(=O)Cc1cccc(F)c1OC[C@@H]1CN[C@H](COC(=O)CCC(F)(F)F)CO1)C(c1ccc(F)cc1)c1ccc(F)cc1. The molecular formula is C32H32F6N2O5. The van der Waals surface area contributed by atoms with Gasteiger partial charge in [-0.1, -0.05) is 36.4 Å². The molecule has 1 aliphatic heterocycles. The topological polar surface area (TPSA) is 99.9 Å². The molecule has 1 saturated heterocycles. The maximum atomic E-state index is 14.9. The first-order valence-electron chi connectivity index (χ1n) is 14.2. The smallest absolute Gasteiger partial charge is 0.389 e. The number of nitrogens with two attached hydrogens (primary N) is 1. The Morgan fingerprint density at radius 1 is 0.933 bits per heavy atom. The number of carbonyl (C=O) groups excluding carboxylic acids is 2. The van der Waals surface area contributed by atoms with Crippen LogP contribution in [0.5, 0.6) is 5.75 Å². The number of alkyl halides is 3. The van der Waals surface area contributed by atoms with Crippen molar-refractivity contribution in [2.45, 2.75) is 49.5 Å². The van der Waals surface area contributed by atoms with E-state index in [2.05, 4.69) is 5.32 Å². The molecule has 0 amide bonds. The molecule has 0 aliphatic carbocycles. The summed E-state index contributed by atoms with van der Waals surface area (Å²) < 4.78 is 95.2. The summed E-state index contributed by atoms with van der Waals surface area (Å²) in [5.41, 5.74) is 7.75. The fraction of sp³-hybridized carbons (Fsp3) is 0.375. The van der Waals surface area contributed by atoms with Crippen LogP contribution in [-0.2, 0) is 25.5 Å². The van der Waals surface area contributed by atoms with Crippen LogP contribution in [0.1, 0.15) is 35.4 Å². The average molecular weight is 639 g/mol. The lowest BCUT2D eigenvalue weighted by molar-refractivity contribution is -0.158. The number of ether oxygens (including phenoxy) is 3. The van der Waals surface area contributed by atoms with E-state index in [1.807, 2.05) is 0 Å². The summed E-state index contributed by atoms with van der Waals surface area (Å²) in [5.74, 6) is -4.01. The van der Waals surface area contributed by atoms with Crippen molar-refractivity contribution in [3.8, 4) is 5.75 Å². The van der Waals surface area contributed by atoms with Crippen LogP contribution >= 0.6 is 0 Å². The Morgan fingerprint density at radius 2 is 1.56 bits per heavy atom. The molecule has 0 spiro atoms. The number of carbonyl (C=O) groups is 2. The molecular weight excluding hydrogens is 606 g/mol. The second-order valence-corrected chi connectivity index (χ2v) is 10.6. The van der Waals surface area contributed by atoms with Gasteiger partial charge in [0.2, 0.25) is 0 Å². The number of rotatable bonds is 13. The molecule has 3 atom stereocenters. The van der Waals surface area contributed by atoms with Gasteiger partial charge in [-0.3, -0.25) is 9.59 Å². The van der Waals surface area contributed by atoms with Gasteiger partial charge in [0, 0.05) is 24.4 Å². The zero-order valence-corrected chi connectivity index (χ0v) is 24.0. The number of hydrogen-bond acceptors (Lipinski definition) is 7. The number of halogens is 6. The number of ketones is 1. The van der Waals surface area contributed by atoms with E-state index in [4.69, 9.17) is 19.9 Å². The predicted octanol–water partition coefficient (Wildman–Crippen LogP) is 5.00. The normalized spacial score (nSPS) is 17.6. The van der Waals surface area contributed by atoms with Crippen molar-refractivity contribution in [2.24, 2.45) is 5.73 Å². The fourth-order valence-corrected chi connectivity index (χ4v) is 4.86. The summed E-state index contributed by atoms with van der Waals surface area (Å²) >= 11 is 0. The van der Waals surface area contributed by atoms with Crippen molar-refractivity contribution in [1.29, 1.82) is 0 Å². The van der Waals surface area contributed by atoms with Crippen molar-refractivity contribution in [2.75, 3.05) is 26.4 Å². The van der Waals surface area contributed by atoms with Gasteiger partial charge >= 0.3 is 12.1 Å². The third kappa shape index (κ3) is 10.0. The molecule has 242 valence electrons. The number of morpholine rings is 1. The highest BCUT2D eigenvalue weighted by Crippen LogP contribution is 2.31. The maximum absolute atomic E-state index is 14.9. The van der Waals surface area contributed by atoms with Gasteiger partial charge in [-0.05, 0) is 41.5 Å². The lowest BCUT2D eigenvalue weighted by Gasteiger charge is -2.30. The minimum absolute atomic E-state index is 0.0617. The van der Waals surface area contributed by atoms with Gasteiger partial charge < -0.3 is 25.3 Å². The van der Waals surface area contributed by atoms with Crippen LogP contribution in [0.3, 0.4) is 0 Å². The predicted molar refractivity (Wildman–Crippen MR) is 151 cm³/mol. The molecule has 0 bridgehead atoms. The summed E-state index contributed by atoms with van der Waals surface area (Å²) in [6.07, 6.45) is -7.33. The summed E-state index contributed by atoms with van der Waals surface area (Å²) in [5, 5.41) is 3.04. The van der Waals surface area contributed by atoms with Crippen molar-refractivity contribution in [3.05, 3.63) is 101 Å². The van der Waals surface area contributed by atoms with Gasteiger partial charge in [0.25, 0.3) is 0 Å². The number of Topliss-reactive ketones (excluding diaryl/α,β-unsaturated/α-hetero) is 1. The molecule has 1 heterocycles. The van der Waals surface area contributed by atoms with E-state index in [9.17, 15) is 35.9 Å².